The lowest BCUT2D eigenvalue weighted by Crippen LogP contribution is -2.51. The number of rotatable bonds is 7. The van der Waals surface area contributed by atoms with Crippen molar-refractivity contribution in [2.75, 3.05) is 34.3 Å². The van der Waals surface area contributed by atoms with Crippen molar-refractivity contribution in [1.82, 2.24) is 5.32 Å². The highest BCUT2D eigenvalue weighted by Gasteiger charge is 2.23. The fourth-order valence-electron chi connectivity index (χ4n) is 1.34. The van der Waals surface area contributed by atoms with Crippen LogP contribution in [0.15, 0.2) is 0 Å². The summed E-state index contributed by atoms with van der Waals surface area (Å²) in [6, 6.07) is -0.484. The summed E-state index contributed by atoms with van der Waals surface area (Å²) in [6.45, 7) is 3.67. The Labute approximate surface area is 109 Å². The Morgan fingerprint density at radius 1 is 1.33 bits per heavy atom. The second kappa shape index (κ2) is 6.46. The molecule has 0 aliphatic rings. The number of nitrogens with zero attached hydrogens (tertiary/aromatic N) is 1. The molecule has 7 nitrogen and oxygen atoms in total. The maximum atomic E-state index is 11.6. The van der Waals surface area contributed by atoms with Crippen LogP contribution in [-0.4, -0.2) is 63.7 Å². The summed E-state index contributed by atoms with van der Waals surface area (Å²) < 4.78 is 34.5. The molecule has 0 aromatic rings. The molecule has 0 aliphatic carbocycles. The molecule has 0 saturated carbocycles. The van der Waals surface area contributed by atoms with E-state index in [2.05, 4.69) is 9.50 Å². The molecule has 1 amide bonds. The van der Waals surface area contributed by atoms with Crippen LogP contribution >= 0.6 is 0 Å². The van der Waals surface area contributed by atoms with E-state index in [-0.39, 0.29) is 18.4 Å². The third-order valence-electron chi connectivity index (χ3n) is 2.06. The van der Waals surface area contributed by atoms with E-state index >= 15 is 0 Å². The molecule has 0 bridgehead atoms. The SMILES string of the molecule is CC(C)C(=O)NC(COS(=O)(=O)O)C[N+](C)(C)C. The van der Waals surface area contributed by atoms with Crippen molar-refractivity contribution in [1.29, 1.82) is 0 Å². The molecule has 18 heavy (non-hydrogen) atoms. The Morgan fingerprint density at radius 3 is 2.17 bits per heavy atom. The van der Waals surface area contributed by atoms with Gasteiger partial charge in [0, 0.05) is 5.92 Å². The second-order valence-corrected chi connectivity index (χ2v) is 6.64. The van der Waals surface area contributed by atoms with Crippen LogP contribution in [0.3, 0.4) is 0 Å². The van der Waals surface area contributed by atoms with E-state index in [1.807, 2.05) is 21.1 Å². The number of nitrogens with one attached hydrogen (secondary N) is 1. The molecule has 108 valence electrons. The summed E-state index contributed by atoms with van der Waals surface area (Å²) in [5, 5.41) is 2.69. The summed E-state index contributed by atoms with van der Waals surface area (Å²) in [7, 11) is 1.23. The average molecular weight is 283 g/mol. The molecule has 1 atom stereocenters. The number of hydrogen-bond donors (Lipinski definition) is 2. The van der Waals surface area contributed by atoms with Crippen LogP contribution in [0.25, 0.3) is 0 Å². The van der Waals surface area contributed by atoms with Crippen molar-refractivity contribution in [3.63, 3.8) is 0 Å². The van der Waals surface area contributed by atoms with Gasteiger partial charge in [0.1, 0.15) is 12.6 Å². The highest BCUT2D eigenvalue weighted by Crippen LogP contribution is 2.01. The first-order valence-electron chi connectivity index (χ1n) is 5.63. The Hall–Kier alpha value is -0.700. The number of likely N-dealkylation sites (N-methyl/N-ethyl adjacent to an activating group) is 1. The number of amides is 1. The fourth-order valence-corrected chi connectivity index (χ4v) is 1.67. The summed E-state index contributed by atoms with van der Waals surface area (Å²) in [6.07, 6.45) is 0. The predicted octanol–water partition coefficient (Wildman–Crippen LogP) is -0.347. The monoisotopic (exact) mass is 283 g/mol. The van der Waals surface area contributed by atoms with Gasteiger partial charge in [-0.3, -0.25) is 9.35 Å². The van der Waals surface area contributed by atoms with Gasteiger partial charge in [0.25, 0.3) is 0 Å². The van der Waals surface area contributed by atoms with Gasteiger partial charge in [0.05, 0.1) is 27.7 Å². The predicted molar refractivity (Wildman–Crippen MR) is 67.2 cm³/mol. The smallest absolute Gasteiger partial charge is 0.345 e. The molecule has 0 heterocycles. The van der Waals surface area contributed by atoms with Gasteiger partial charge in [-0.1, -0.05) is 13.8 Å². The van der Waals surface area contributed by atoms with Gasteiger partial charge >= 0.3 is 10.4 Å². The van der Waals surface area contributed by atoms with Gasteiger partial charge < -0.3 is 9.80 Å². The van der Waals surface area contributed by atoms with E-state index < -0.39 is 16.4 Å². The minimum atomic E-state index is -4.49. The molecule has 2 N–H and O–H groups in total. The molecule has 0 fully saturated rings. The normalized spacial score (nSPS) is 14.6. The first kappa shape index (κ1) is 17.3. The Kier molecular flexibility index (Phi) is 6.21. The van der Waals surface area contributed by atoms with E-state index in [9.17, 15) is 13.2 Å². The lowest BCUT2D eigenvalue weighted by atomic mass is 10.2. The Morgan fingerprint density at radius 2 is 1.83 bits per heavy atom. The molecule has 0 aliphatic heterocycles. The van der Waals surface area contributed by atoms with Crippen LogP contribution in [0, 0.1) is 5.92 Å². The molecule has 0 aromatic carbocycles. The maximum absolute atomic E-state index is 11.6. The standard InChI is InChI=1S/C10H22N2O5S/c1-8(2)10(13)11-9(6-12(3,4)5)7-17-18(14,15)16/h8-9H,6-7H2,1-5H3,(H-,11,13,14,15,16)/p+1. The van der Waals surface area contributed by atoms with Gasteiger partial charge in [-0.2, -0.15) is 8.42 Å². The van der Waals surface area contributed by atoms with E-state index in [1.165, 1.54) is 0 Å². The third-order valence-corrected chi connectivity index (χ3v) is 2.49. The van der Waals surface area contributed by atoms with Gasteiger partial charge in [-0.25, -0.2) is 4.18 Å². The lowest BCUT2D eigenvalue weighted by molar-refractivity contribution is -0.871. The summed E-state index contributed by atoms with van der Waals surface area (Å²) in [5.74, 6) is -0.391. The summed E-state index contributed by atoms with van der Waals surface area (Å²) in [4.78, 5) is 11.6. The van der Waals surface area contributed by atoms with Gasteiger partial charge in [0.15, 0.2) is 0 Å². The zero-order chi connectivity index (χ0) is 14.6. The van der Waals surface area contributed by atoms with Gasteiger partial charge in [0.2, 0.25) is 5.91 Å². The number of quaternary nitrogens is 1. The van der Waals surface area contributed by atoms with Crippen molar-refractivity contribution in [3.8, 4) is 0 Å². The minimum Gasteiger partial charge on any atom is -0.345 e. The maximum Gasteiger partial charge on any atom is 0.397 e. The van der Waals surface area contributed by atoms with E-state index in [0.717, 1.165) is 0 Å². The van der Waals surface area contributed by atoms with Crippen molar-refractivity contribution in [3.05, 3.63) is 0 Å². The molecular weight excluding hydrogens is 260 g/mol. The molecule has 0 spiro atoms. The fraction of sp³-hybridized carbons (Fsp3) is 0.900. The number of hydrogen-bond acceptors (Lipinski definition) is 4. The second-order valence-electron chi connectivity index (χ2n) is 5.55. The van der Waals surface area contributed by atoms with Crippen LogP contribution in [0.2, 0.25) is 0 Å². The summed E-state index contributed by atoms with van der Waals surface area (Å²) in [5.41, 5.74) is 0. The van der Waals surface area contributed by atoms with Crippen molar-refractivity contribution in [2.24, 2.45) is 5.92 Å². The third kappa shape index (κ3) is 9.34. The Bertz CT molecular complexity index is 372. The first-order valence-corrected chi connectivity index (χ1v) is 7.00. The lowest BCUT2D eigenvalue weighted by Gasteiger charge is -2.29. The largest absolute Gasteiger partial charge is 0.397 e. The average Bonchev–Trinajstić information content (AvgIpc) is 2.10. The van der Waals surface area contributed by atoms with E-state index in [1.54, 1.807) is 13.8 Å². The van der Waals surface area contributed by atoms with Crippen LogP contribution in [0.1, 0.15) is 13.8 Å². The van der Waals surface area contributed by atoms with Crippen LogP contribution in [0.4, 0.5) is 0 Å². The quantitative estimate of drug-likeness (QED) is 0.492. The van der Waals surface area contributed by atoms with Crippen molar-refractivity contribution >= 4 is 16.3 Å². The van der Waals surface area contributed by atoms with Crippen LogP contribution in [-0.2, 0) is 19.4 Å². The Balaban J connectivity index is 4.58. The highest BCUT2D eigenvalue weighted by molar-refractivity contribution is 7.80. The van der Waals surface area contributed by atoms with Crippen molar-refractivity contribution in [2.45, 2.75) is 19.9 Å². The van der Waals surface area contributed by atoms with Crippen molar-refractivity contribution < 1.29 is 26.4 Å². The van der Waals surface area contributed by atoms with Crippen LogP contribution < -0.4 is 5.32 Å². The van der Waals surface area contributed by atoms with Gasteiger partial charge in [-0.15, -0.1) is 0 Å². The highest BCUT2D eigenvalue weighted by atomic mass is 32.3. The molecule has 0 aromatic heterocycles. The van der Waals surface area contributed by atoms with Crippen LogP contribution in [0.5, 0.6) is 0 Å². The first-order chi connectivity index (χ1) is 7.91. The number of carbonyl (C=O) groups is 1. The van der Waals surface area contributed by atoms with Gasteiger partial charge in [-0.05, 0) is 0 Å². The molecule has 0 saturated heterocycles. The minimum absolute atomic E-state index is 0.188. The molecular formula is C10H23N2O5S+. The summed E-state index contributed by atoms with van der Waals surface area (Å²) >= 11 is 0. The molecule has 8 heteroatoms. The zero-order valence-corrected chi connectivity index (χ0v) is 12.3. The molecule has 0 radical (unpaired) electrons. The number of carbonyl (C=O) groups excluding carboxylic acids is 1. The van der Waals surface area contributed by atoms with E-state index in [0.29, 0.717) is 11.0 Å². The molecule has 1 unspecified atom stereocenters. The molecule has 0 rings (SSSR count). The zero-order valence-electron chi connectivity index (χ0n) is 11.5. The van der Waals surface area contributed by atoms with E-state index in [4.69, 9.17) is 4.55 Å². The topological polar surface area (TPSA) is 92.7 Å².